The molecule has 0 aliphatic carbocycles. The Labute approximate surface area is 338 Å². The number of aromatic hydroxyl groups is 4. The van der Waals surface area contributed by atoms with Gasteiger partial charge in [0.25, 0.3) is 0 Å². The smallest absolute Gasteiger partial charge is 0.330 e. The Bertz CT molecular complexity index is 2250. The third kappa shape index (κ3) is 8.70. The van der Waals surface area contributed by atoms with Crippen LogP contribution in [0.5, 0.6) is 46.0 Å². The quantitative estimate of drug-likeness (QED) is 0.0603. The number of fused-ring (bicyclic) bond motifs is 1. The molecule has 0 spiro atoms. The fraction of sp³-hybridized carbons (Fsp3) is 0.385. The van der Waals surface area contributed by atoms with Crippen molar-refractivity contribution >= 4 is 23.0 Å². The van der Waals surface area contributed by atoms with E-state index in [0.717, 1.165) is 18.2 Å². The summed E-state index contributed by atoms with van der Waals surface area (Å²) in [6, 6.07) is 8.41. The molecule has 21 heteroatoms. The van der Waals surface area contributed by atoms with Crippen LogP contribution in [0.1, 0.15) is 5.56 Å². The van der Waals surface area contributed by atoms with E-state index in [1.54, 1.807) is 0 Å². The van der Waals surface area contributed by atoms with E-state index in [1.165, 1.54) is 57.7 Å². The number of carbonyl (C=O) groups excluding carboxylic acids is 1. The molecular weight excluding hydrogens is 804 g/mol. The molecule has 10 N–H and O–H groups in total. The van der Waals surface area contributed by atoms with Gasteiger partial charge in [0, 0.05) is 23.8 Å². The maximum absolute atomic E-state index is 14.2. The van der Waals surface area contributed by atoms with E-state index in [2.05, 4.69) is 0 Å². The van der Waals surface area contributed by atoms with Crippen LogP contribution < -0.4 is 24.4 Å². The minimum atomic E-state index is -2.10. The van der Waals surface area contributed by atoms with E-state index in [0.29, 0.717) is 5.56 Å². The van der Waals surface area contributed by atoms with E-state index in [4.69, 9.17) is 42.3 Å². The van der Waals surface area contributed by atoms with E-state index in [-0.39, 0.29) is 39.9 Å². The van der Waals surface area contributed by atoms with Crippen LogP contribution in [0, 0.1) is 0 Å². The first-order valence-electron chi connectivity index (χ1n) is 17.9. The summed E-state index contributed by atoms with van der Waals surface area (Å²) in [7, 11) is 3.87. The van der Waals surface area contributed by atoms with Crippen LogP contribution in [0.15, 0.2) is 57.8 Å². The number of benzene rings is 3. The molecule has 6 rings (SSSR count). The molecule has 10 atom stereocenters. The van der Waals surface area contributed by atoms with Crippen LogP contribution >= 0.6 is 0 Å². The molecule has 0 amide bonds. The molecule has 4 aromatic rings. The highest BCUT2D eigenvalue weighted by Crippen LogP contribution is 2.41. The molecule has 3 heterocycles. The van der Waals surface area contributed by atoms with Gasteiger partial charge in [-0.1, -0.05) is 0 Å². The lowest BCUT2D eigenvalue weighted by Gasteiger charge is -2.45. The molecule has 2 fully saturated rings. The van der Waals surface area contributed by atoms with Crippen molar-refractivity contribution in [3.8, 4) is 57.3 Å². The Morgan fingerprint density at radius 1 is 0.750 bits per heavy atom. The predicted molar refractivity (Wildman–Crippen MR) is 201 cm³/mol. The van der Waals surface area contributed by atoms with E-state index in [1.807, 2.05) is 0 Å². The molecule has 2 saturated heterocycles. The predicted octanol–water partition coefficient (Wildman–Crippen LogP) is -0.425. The second-order valence-corrected chi connectivity index (χ2v) is 13.5. The molecule has 1 aromatic heterocycles. The van der Waals surface area contributed by atoms with Crippen molar-refractivity contribution in [2.24, 2.45) is 0 Å². The molecule has 21 nitrogen and oxygen atoms in total. The number of ether oxygens (including phenoxy) is 8. The van der Waals surface area contributed by atoms with Crippen molar-refractivity contribution in [2.45, 2.75) is 61.4 Å². The van der Waals surface area contributed by atoms with Crippen molar-refractivity contribution in [3.05, 3.63) is 64.3 Å². The van der Waals surface area contributed by atoms with Gasteiger partial charge in [-0.25, -0.2) is 4.79 Å². The van der Waals surface area contributed by atoms with Crippen LogP contribution in [0.2, 0.25) is 0 Å². The number of esters is 1. The number of aliphatic hydroxyl groups is 6. The number of aliphatic hydroxyl groups excluding tert-OH is 6. The second kappa shape index (κ2) is 18.2. The number of hydrogen-bond donors (Lipinski definition) is 10. The summed E-state index contributed by atoms with van der Waals surface area (Å²) in [5.41, 5.74) is -1.04. The van der Waals surface area contributed by atoms with Gasteiger partial charge >= 0.3 is 5.97 Å². The number of methoxy groups -OCH3 is 3. The molecule has 60 heavy (non-hydrogen) atoms. The molecule has 0 bridgehead atoms. The third-order valence-electron chi connectivity index (χ3n) is 9.68. The largest absolute Gasteiger partial charge is 0.508 e. The normalized spacial score (nSPS) is 26.8. The number of phenols is 4. The fourth-order valence-corrected chi connectivity index (χ4v) is 6.50. The van der Waals surface area contributed by atoms with Gasteiger partial charge in [-0.2, -0.15) is 0 Å². The lowest BCUT2D eigenvalue weighted by atomic mass is 9.97. The van der Waals surface area contributed by atoms with Crippen molar-refractivity contribution in [1.29, 1.82) is 0 Å². The van der Waals surface area contributed by atoms with Crippen molar-refractivity contribution in [2.75, 3.05) is 34.5 Å². The molecule has 0 saturated carbocycles. The fourth-order valence-electron chi connectivity index (χ4n) is 6.50. The van der Waals surface area contributed by atoms with Gasteiger partial charge in [0.2, 0.25) is 23.2 Å². The van der Waals surface area contributed by atoms with Gasteiger partial charge in [-0.3, -0.25) is 4.79 Å². The van der Waals surface area contributed by atoms with Gasteiger partial charge in [-0.15, -0.1) is 0 Å². The molecule has 324 valence electrons. The second-order valence-electron chi connectivity index (χ2n) is 13.5. The zero-order valence-corrected chi connectivity index (χ0v) is 31.8. The van der Waals surface area contributed by atoms with Gasteiger partial charge < -0.3 is 93.4 Å². The lowest BCUT2D eigenvalue weighted by molar-refractivity contribution is -0.358. The third-order valence-corrected chi connectivity index (χ3v) is 9.68. The molecular formula is C39H42O21. The first kappa shape index (κ1) is 43.7. The van der Waals surface area contributed by atoms with Crippen LogP contribution in [0.25, 0.3) is 28.4 Å². The van der Waals surface area contributed by atoms with Crippen LogP contribution in [-0.4, -0.2) is 153 Å². The molecule has 3 aromatic carbocycles. The molecule has 0 radical (unpaired) electrons. The van der Waals surface area contributed by atoms with Gasteiger partial charge in [0.1, 0.15) is 71.8 Å². The summed E-state index contributed by atoms with van der Waals surface area (Å²) >= 11 is 0. The first-order valence-corrected chi connectivity index (χ1v) is 17.9. The van der Waals surface area contributed by atoms with Crippen LogP contribution in [0.3, 0.4) is 0 Å². The standard InChI is InChI=1S/C39H42O21/c1-52-20-10-16(5-6-18(20)42)35-36(31(48)27-19(43)11-17(41)12-21(27)56-35)59-39-37(60-38-34(51)32(49)29(46)24(13-40)57-38)33(50)30(47)25(58-39)14-55-26(44)7-4-15-8-22(53-2)28(45)23(9-15)54-3/h4-12,24-25,29-30,32-34,37-43,45-47,49-51H,13-14H2,1-3H3. The summed E-state index contributed by atoms with van der Waals surface area (Å²) in [6.07, 6.45) is -16.7. The highest BCUT2D eigenvalue weighted by molar-refractivity contribution is 5.89. The van der Waals surface area contributed by atoms with Gasteiger partial charge in [0.05, 0.1) is 27.9 Å². The van der Waals surface area contributed by atoms with Gasteiger partial charge in [-0.05, 0) is 42.0 Å². The average Bonchev–Trinajstić information content (AvgIpc) is 3.23. The number of rotatable bonds is 13. The zero-order valence-electron chi connectivity index (χ0n) is 31.8. The molecule has 2 aliphatic heterocycles. The van der Waals surface area contributed by atoms with E-state index >= 15 is 0 Å². The number of hydrogen-bond acceptors (Lipinski definition) is 21. The Morgan fingerprint density at radius 3 is 2.05 bits per heavy atom. The van der Waals surface area contributed by atoms with Crippen molar-refractivity contribution < 1.29 is 98.2 Å². The molecule has 2 aliphatic rings. The SMILES string of the molecule is COc1cc(-c2oc3cc(O)cc(O)c3c(=O)c2OC2OC(COC(=O)C=Cc3cc(OC)c(O)c(OC)c3)C(O)C(O)C2OC2OC(CO)C(O)C(O)C2O)ccc1O. The summed E-state index contributed by atoms with van der Waals surface area (Å²) in [6.45, 7) is -1.63. The lowest BCUT2D eigenvalue weighted by Crippen LogP contribution is -2.65. The highest BCUT2D eigenvalue weighted by Gasteiger charge is 2.52. The summed E-state index contributed by atoms with van der Waals surface area (Å²) < 4.78 is 50.0. The Hall–Kier alpha value is -5.88. The summed E-state index contributed by atoms with van der Waals surface area (Å²) in [4.78, 5) is 27.1. The van der Waals surface area contributed by atoms with Crippen molar-refractivity contribution in [1.82, 2.24) is 0 Å². The topological polar surface area (TPSA) is 323 Å². The summed E-state index contributed by atoms with van der Waals surface area (Å²) in [5, 5.41) is 105. The van der Waals surface area contributed by atoms with E-state index < -0.39 is 114 Å². The molecule has 10 unspecified atom stereocenters. The number of phenolic OH excluding ortho intramolecular Hbond substituents is 4. The van der Waals surface area contributed by atoms with Crippen LogP contribution in [0.4, 0.5) is 0 Å². The monoisotopic (exact) mass is 846 g/mol. The maximum atomic E-state index is 14.2. The zero-order chi connectivity index (χ0) is 43.6. The Balaban J connectivity index is 1.37. The average molecular weight is 847 g/mol. The van der Waals surface area contributed by atoms with E-state index in [9.17, 15) is 60.7 Å². The van der Waals surface area contributed by atoms with Crippen molar-refractivity contribution in [3.63, 3.8) is 0 Å². The maximum Gasteiger partial charge on any atom is 0.330 e. The summed E-state index contributed by atoms with van der Waals surface area (Å²) in [5.74, 6) is -3.95. The number of carbonyl (C=O) groups is 1. The Morgan fingerprint density at radius 2 is 1.40 bits per heavy atom. The minimum Gasteiger partial charge on any atom is -0.508 e. The first-order chi connectivity index (χ1) is 28.6. The minimum absolute atomic E-state index is 0.0189. The van der Waals surface area contributed by atoms with Crippen LogP contribution in [-0.2, 0) is 23.7 Å². The highest BCUT2D eigenvalue weighted by atomic mass is 16.8. The Kier molecular flexibility index (Phi) is 13.2. The van der Waals surface area contributed by atoms with Gasteiger partial charge in [0.15, 0.2) is 41.2 Å².